The molecule has 0 unspecified atom stereocenters. The van der Waals surface area contributed by atoms with Gasteiger partial charge in [-0.2, -0.15) is 5.26 Å². The first-order valence-electron chi connectivity index (χ1n) is 5.31. The Labute approximate surface area is 114 Å². The van der Waals surface area contributed by atoms with Crippen LogP contribution in [0.1, 0.15) is 5.56 Å². The Morgan fingerprint density at radius 1 is 1.00 bits per heavy atom. The summed E-state index contributed by atoms with van der Waals surface area (Å²) < 4.78 is 66.0. The second-order valence-electron chi connectivity index (χ2n) is 3.80. The molecule has 0 fully saturated rings. The van der Waals surface area contributed by atoms with E-state index in [2.05, 4.69) is 4.98 Å². The van der Waals surface area contributed by atoms with Crippen molar-refractivity contribution in [1.82, 2.24) is 4.98 Å². The number of halogens is 5. The summed E-state index contributed by atoms with van der Waals surface area (Å²) in [6.45, 7) is 0. The summed E-state index contributed by atoms with van der Waals surface area (Å²) in [5.41, 5.74) is 3.83. The van der Waals surface area contributed by atoms with Crippen LogP contribution >= 0.6 is 0 Å². The molecule has 0 saturated heterocycles. The van der Waals surface area contributed by atoms with E-state index < -0.39 is 40.6 Å². The van der Waals surface area contributed by atoms with Crippen LogP contribution in [0.2, 0.25) is 0 Å². The van der Waals surface area contributed by atoms with Crippen LogP contribution in [-0.4, -0.2) is 4.98 Å². The van der Waals surface area contributed by atoms with Crippen LogP contribution in [0.5, 0.6) is 0 Å². The van der Waals surface area contributed by atoms with Gasteiger partial charge in [0.15, 0.2) is 29.1 Å². The standard InChI is InChI=1S/C12H5F5N4/c13-5-6(14)8(16)11(9(17)7(5)15)21-12-10(19)4(3-18)1-2-20-12/h1-2H,19H2,(H,20,21). The monoisotopic (exact) mass is 300 g/mol. The van der Waals surface area contributed by atoms with Crippen molar-refractivity contribution in [3.8, 4) is 6.07 Å². The molecule has 0 aliphatic rings. The molecule has 2 aromatic rings. The van der Waals surface area contributed by atoms with Gasteiger partial charge in [-0.15, -0.1) is 0 Å². The van der Waals surface area contributed by atoms with Gasteiger partial charge in [0.1, 0.15) is 11.8 Å². The normalized spacial score (nSPS) is 10.3. The predicted molar refractivity (Wildman–Crippen MR) is 62.9 cm³/mol. The van der Waals surface area contributed by atoms with Gasteiger partial charge in [0, 0.05) is 6.20 Å². The predicted octanol–water partition coefficient (Wildman–Crippen LogP) is 2.97. The lowest BCUT2D eigenvalue weighted by Crippen LogP contribution is -2.09. The first-order chi connectivity index (χ1) is 9.88. The van der Waals surface area contributed by atoms with Crippen molar-refractivity contribution in [2.75, 3.05) is 11.1 Å². The Morgan fingerprint density at radius 2 is 1.52 bits per heavy atom. The third-order valence-corrected chi connectivity index (χ3v) is 2.56. The highest BCUT2D eigenvalue weighted by molar-refractivity contribution is 5.74. The quantitative estimate of drug-likeness (QED) is 0.508. The van der Waals surface area contributed by atoms with Gasteiger partial charge in [0.2, 0.25) is 5.82 Å². The summed E-state index contributed by atoms with van der Waals surface area (Å²) in [5.74, 6) is -11.0. The second-order valence-corrected chi connectivity index (χ2v) is 3.80. The SMILES string of the molecule is N#Cc1ccnc(Nc2c(F)c(F)c(F)c(F)c2F)c1N. The van der Waals surface area contributed by atoms with E-state index >= 15 is 0 Å². The van der Waals surface area contributed by atoms with Crippen molar-refractivity contribution in [3.05, 3.63) is 46.9 Å². The number of benzene rings is 1. The molecule has 0 aliphatic carbocycles. The van der Waals surface area contributed by atoms with E-state index in [4.69, 9.17) is 11.0 Å². The third kappa shape index (κ3) is 2.31. The van der Waals surface area contributed by atoms with Crippen molar-refractivity contribution in [1.29, 1.82) is 5.26 Å². The molecule has 9 heteroatoms. The van der Waals surface area contributed by atoms with Crippen molar-refractivity contribution in [2.45, 2.75) is 0 Å². The van der Waals surface area contributed by atoms with Crippen LogP contribution in [0.25, 0.3) is 0 Å². The zero-order chi connectivity index (χ0) is 15.7. The van der Waals surface area contributed by atoms with Gasteiger partial charge in [-0.25, -0.2) is 26.9 Å². The fourth-order valence-electron chi connectivity index (χ4n) is 1.50. The molecule has 2 rings (SSSR count). The van der Waals surface area contributed by atoms with Gasteiger partial charge in [-0.05, 0) is 6.07 Å². The van der Waals surface area contributed by atoms with Crippen molar-refractivity contribution in [3.63, 3.8) is 0 Å². The highest BCUT2D eigenvalue weighted by Gasteiger charge is 2.26. The van der Waals surface area contributed by atoms with Crippen LogP contribution in [0.4, 0.5) is 39.1 Å². The summed E-state index contributed by atoms with van der Waals surface area (Å²) in [6, 6.07) is 2.90. The zero-order valence-electron chi connectivity index (χ0n) is 10.0. The number of hydrogen-bond acceptors (Lipinski definition) is 4. The molecule has 0 saturated carbocycles. The molecule has 0 spiro atoms. The van der Waals surface area contributed by atoms with E-state index in [1.165, 1.54) is 6.07 Å². The molecule has 1 heterocycles. The Bertz CT molecular complexity index is 740. The van der Waals surface area contributed by atoms with Crippen LogP contribution in [-0.2, 0) is 0 Å². The topological polar surface area (TPSA) is 74.7 Å². The van der Waals surface area contributed by atoms with Gasteiger partial charge in [-0.1, -0.05) is 0 Å². The van der Waals surface area contributed by atoms with Gasteiger partial charge >= 0.3 is 0 Å². The van der Waals surface area contributed by atoms with Crippen molar-refractivity contribution < 1.29 is 22.0 Å². The lowest BCUT2D eigenvalue weighted by Gasteiger charge is -2.12. The molecule has 1 aromatic heterocycles. The van der Waals surface area contributed by atoms with E-state index in [1.807, 2.05) is 5.32 Å². The summed E-state index contributed by atoms with van der Waals surface area (Å²) in [4.78, 5) is 3.59. The molecular formula is C12H5F5N4. The van der Waals surface area contributed by atoms with Crippen LogP contribution in [0.15, 0.2) is 12.3 Å². The Kier molecular flexibility index (Phi) is 3.62. The maximum absolute atomic E-state index is 13.5. The molecule has 0 atom stereocenters. The van der Waals surface area contributed by atoms with Crippen LogP contribution in [0, 0.1) is 40.4 Å². The molecule has 0 radical (unpaired) electrons. The fourth-order valence-corrected chi connectivity index (χ4v) is 1.50. The molecule has 1 aromatic carbocycles. The number of nitrogens with one attached hydrogen (secondary N) is 1. The summed E-state index contributed by atoms with van der Waals surface area (Å²) in [7, 11) is 0. The Balaban J connectivity index is 2.59. The average Bonchev–Trinajstić information content (AvgIpc) is 2.49. The molecule has 3 N–H and O–H groups in total. The van der Waals surface area contributed by atoms with E-state index in [1.54, 1.807) is 6.07 Å². The smallest absolute Gasteiger partial charge is 0.200 e. The van der Waals surface area contributed by atoms with E-state index in [9.17, 15) is 22.0 Å². The molecule has 21 heavy (non-hydrogen) atoms. The van der Waals surface area contributed by atoms with Gasteiger partial charge in [-0.3, -0.25) is 0 Å². The summed E-state index contributed by atoms with van der Waals surface area (Å²) >= 11 is 0. The van der Waals surface area contributed by atoms with E-state index in [0.717, 1.165) is 6.20 Å². The molecule has 0 aliphatic heterocycles. The second kappa shape index (κ2) is 5.24. The fraction of sp³-hybridized carbons (Fsp3) is 0. The largest absolute Gasteiger partial charge is 0.395 e. The highest BCUT2D eigenvalue weighted by atomic mass is 19.2. The lowest BCUT2D eigenvalue weighted by molar-refractivity contribution is 0.382. The number of hydrogen-bond donors (Lipinski definition) is 2. The molecular weight excluding hydrogens is 295 g/mol. The maximum atomic E-state index is 13.5. The van der Waals surface area contributed by atoms with Crippen LogP contribution in [0.3, 0.4) is 0 Å². The highest BCUT2D eigenvalue weighted by Crippen LogP contribution is 2.31. The molecule has 0 bridgehead atoms. The summed E-state index contributed by atoms with van der Waals surface area (Å²) in [6.07, 6.45) is 1.09. The van der Waals surface area contributed by atoms with Gasteiger partial charge in [0.05, 0.1) is 11.3 Å². The minimum absolute atomic E-state index is 0.0728. The molecule has 0 amide bonds. The first-order valence-corrected chi connectivity index (χ1v) is 5.31. The van der Waals surface area contributed by atoms with Gasteiger partial charge in [0.25, 0.3) is 0 Å². The Morgan fingerprint density at radius 3 is 2.05 bits per heavy atom. The van der Waals surface area contributed by atoms with Crippen LogP contribution < -0.4 is 11.1 Å². The molecule has 108 valence electrons. The lowest BCUT2D eigenvalue weighted by atomic mass is 10.2. The number of rotatable bonds is 2. The maximum Gasteiger partial charge on any atom is 0.200 e. The first kappa shape index (κ1) is 14.5. The number of nitriles is 1. The number of aromatic nitrogens is 1. The minimum atomic E-state index is -2.28. The zero-order valence-corrected chi connectivity index (χ0v) is 10.0. The van der Waals surface area contributed by atoms with E-state index in [-0.39, 0.29) is 11.3 Å². The number of pyridine rings is 1. The van der Waals surface area contributed by atoms with Gasteiger partial charge < -0.3 is 11.1 Å². The number of nitrogens with two attached hydrogens (primary N) is 1. The Hall–Kier alpha value is -2.89. The van der Waals surface area contributed by atoms with E-state index in [0.29, 0.717) is 0 Å². The number of nitrogen functional groups attached to an aromatic ring is 1. The number of nitrogens with zero attached hydrogens (tertiary/aromatic N) is 2. The average molecular weight is 300 g/mol. The third-order valence-electron chi connectivity index (χ3n) is 2.56. The minimum Gasteiger partial charge on any atom is -0.395 e. The molecule has 4 nitrogen and oxygen atoms in total. The summed E-state index contributed by atoms with van der Waals surface area (Å²) in [5, 5.41) is 10.6. The number of anilines is 3. The van der Waals surface area contributed by atoms with Crippen molar-refractivity contribution in [2.24, 2.45) is 0 Å². The van der Waals surface area contributed by atoms with Crippen molar-refractivity contribution >= 4 is 17.2 Å².